The highest BCUT2D eigenvalue weighted by Gasteiger charge is 2.26. The number of nitrogens with one attached hydrogen (secondary N) is 2. The zero-order valence-electron chi connectivity index (χ0n) is 16.0. The van der Waals surface area contributed by atoms with Crippen molar-refractivity contribution in [2.24, 2.45) is 0 Å². The van der Waals surface area contributed by atoms with Crippen molar-refractivity contribution in [3.63, 3.8) is 0 Å². The van der Waals surface area contributed by atoms with E-state index in [1.165, 1.54) is 0 Å². The molecule has 6 nitrogen and oxygen atoms in total. The van der Waals surface area contributed by atoms with Gasteiger partial charge in [-0.15, -0.1) is 12.4 Å². The van der Waals surface area contributed by atoms with Gasteiger partial charge in [0.15, 0.2) is 0 Å². The number of anilines is 1. The Kier molecular flexibility index (Phi) is 7.46. The number of rotatable bonds is 5. The van der Waals surface area contributed by atoms with Crippen molar-refractivity contribution in [2.75, 3.05) is 24.9 Å². The van der Waals surface area contributed by atoms with E-state index in [2.05, 4.69) is 10.0 Å². The van der Waals surface area contributed by atoms with Gasteiger partial charge in [-0.3, -0.25) is 9.52 Å². The lowest BCUT2D eigenvalue weighted by molar-refractivity contribution is 0.0699. The number of likely N-dealkylation sites (tertiary alicyclic amines) is 1. The zero-order valence-corrected chi connectivity index (χ0v) is 17.6. The van der Waals surface area contributed by atoms with E-state index < -0.39 is 10.0 Å². The summed E-state index contributed by atoms with van der Waals surface area (Å²) in [5, 5.41) is 3.21. The first-order valence-corrected chi connectivity index (χ1v) is 10.5. The van der Waals surface area contributed by atoms with Crippen LogP contribution in [-0.2, 0) is 10.0 Å². The predicted molar refractivity (Wildman–Crippen MR) is 114 cm³/mol. The predicted octanol–water partition coefficient (Wildman–Crippen LogP) is 3.04. The second kappa shape index (κ2) is 9.41. The van der Waals surface area contributed by atoms with Crippen LogP contribution in [0.15, 0.2) is 53.4 Å². The quantitative estimate of drug-likeness (QED) is 0.774. The molecule has 1 saturated heterocycles. The molecule has 8 heteroatoms. The van der Waals surface area contributed by atoms with Crippen LogP contribution < -0.4 is 10.0 Å². The van der Waals surface area contributed by atoms with Gasteiger partial charge in [0.1, 0.15) is 0 Å². The molecule has 0 saturated carbocycles. The SMILES string of the molecule is CNC1CCCN(C(=O)c2ccccc2NS(=O)(=O)c2ccc(C)cc2)C1.Cl. The Morgan fingerprint density at radius 1 is 1.11 bits per heavy atom. The Balaban J connectivity index is 0.00000280. The van der Waals surface area contributed by atoms with Gasteiger partial charge >= 0.3 is 0 Å². The van der Waals surface area contributed by atoms with Gasteiger partial charge in [0.2, 0.25) is 0 Å². The molecule has 1 heterocycles. The number of aryl methyl sites for hydroxylation is 1. The lowest BCUT2D eigenvalue weighted by Crippen LogP contribution is -2.47. The molecule has 28 heavy (non-hydrogen) atoms. The van der Waals surface area contributed by atoms with E-state index in [1.807, 2.05) is 14.0 Å². The highest BCUT2D eigenvalue weighted by Crippen LogP contribution is 2.23. The molecule has 0 aromatic heterocycles. The van der Waals surface area contributed by atoms with Gasteiger partial charge in [0, 0.05) is 19.1 Å². The van der Waals surface area contributed by atoms with Crippen LogP contribution in [0.2, 0.25) is 0 Å². The molecule has 3 rings (SSSR count). The number of likely N-dealkylation sites (N-methyl/N-ethyl adjacent to an activating group) is 1. The summed E-state index contributed by atoms with van der Waals surface area (Å²) in [5.74, 6) is -0.155. The number of carbonyl (C=O) groups is 1. The molecule has 0 spiro atoms. The lowest BCUT2D eigenvalue weighted by Gasteiger charge is -2.33. The highest BCUT2D eigenvalue weighted by atomic mass is 35.5. The number of carbonyl (C=O) groups excluding carboxylic acids is 1. The number of benzene rings is 2. The van der Waals surface area contributed by atoms with Gasteiger partial charge in [-0.05, 0) is 51.1 Å². The first kappa shape index (κ1) is 22.2. The average molecular weight is 424 g/mol. The van der Waals surface area contributed by atoms with Crippen LogP contribution in [0.5, 0.6) is 0 Å². The summed E-state index contributed by atoms with van der Waals surface area (Å²) in [6.45, 7) is 3.19. The molecule has 0 bridgehead atoms. The summed E-state index contributed by atoms with van der Waals surface area (Å²) in [7, 11) is -1.87. The first-order valence-electron chi connectivity index (χ1n) is 9.06. The van der Waals surface area contributed by atoms with E-state index in [9.17, 15) is 13.2 Å². The molecule has 1 aliphatic heterocycles. The van der Waals surface area contributed by atoms with Crippen molar-refractivity contribution < 1.29 is 13.2 Å². The Morgan fingerprint density at radius 3 is 2.46 bits per heavy atom. The standard InChI is InChI=1S/C20H25N3O3S.ClH/c1-15-9-11-17(12-10-15)27(25,26)22-19-8-4-3-7-18(19)20(24)23-13-5-6-16(14-23)21-2;/h3-4,7-12,16,21-22H,5-6,13-14H2,1-2H3;1H. The van der Waals surface area contributed by atoms with E-state index >= 15 is 0 Å². The summed E-state index contributed by atoms with van der Waals surface area (Å²) < 4.78 is 28.0. The van der Waals surface area contributed by atoms with E-state index in [4.69, 9.17) is 0 Å². The number of piperidine rings is 1. The third-order valence-corrected chi connectivity index (χ3v) is 6.23. The smallest absolute Gasteiger partial charge is 0.261 e. The summed E-state index contributed by atoms with van der Waals surface area (Å²) in [6, 6.07) is 13.6. The summed E-state index contributed by atoms with van der Waals surface area (Å²) >= 11 is 0. The van der Waals surface area contributed by atoms with Gasteiger partial charge in [-0.25, -0.2) is 8.42 Å². The van der Waals surface area contributed by atoms with Crippen LogP contribution in [0.4, 0.5) is 5.69 Å². The van der Waals surface area contributed by atoms with Crippen molar-refractivity contribution in [1.82, 2.24) is 10.2 Å². The monoisotopic (exact) mass is 423 g/mol. The molecule has 152 valence electrons. The number of para-hydroxylation sites is 1. The molecule has 1 amide bonds. The third kappa shape index (κ3) is 5.04. The number of hydrogen-bond acceptors (Lipinski definition) is 4. The molecule has 2 N–H and O–H groups in total. The van der Waals surface area contributed by atoms with E-state index in [0.29, 0.717) is 24.3 Å². The van der Waals surface area contributed by atoms with Crippen LogP contribution in [0.25, 0.3) is 0 Å². The number of amides is 1. The second-order valence-corrected chi connectivity index (χ2v) is 8.53. The molecule has 2 aromatic rings. The summed E-state index contributed by atoms with van der Waals surface area (Å²) in [6.07, 6.45) is 1.95. The molecule has 0 aliphatic carbocycles. The molecular formula is C20H26ClN3O3S. The Labute approximate surface area is 172 Å². The summed E-state index contributed by atoms with van der Waals surface area (Å²) in [4.78, 5) is 15.0. The number of sulfonamides is 1. The van der Waals surface area contributed by atoms with Gasteiger partial charge in [-0.1, -0.05) is 29.8 Å². The Bertz CT molecular complexity index is 917. The van der Waals surface area contributed by atoms with Crippen molar-refractivity contribution >= 4 is 34.0 Å². The third-order valence-electron chi connectivity index (χ3n) is 4.85. The molecule has 1 unspecified atom stereocenters. The van der Waals surface area contributed by atoms with Crippen LogP contribution in [0, 0.1) is 6.92 Å². The van der Waals surface area contributed by atoms with Crippen molar-refractivity contribution in [3.05, 3.63) is 59.7 Å². The van der Waals surface area contributed by atoms with E-state index in [-0.39, 0.29) is 29.3 Å². The normalized spacial score (nSPS) is 16.9. The number of hydrogen-bond donors (Lipinski definition) is 2. The van der Waals surface area contributed by atoms with Crippen molar-refractivity contribution in [2.45, 2.75) is 30.7 Å². The van der Waals surface area contributed by atoms with Crippen molar-refractivity contribution in [1.29, 1.82) is 0 Å². The minimum atomic E-state index is -3.77. The topological polar surface area (TPSA) is 78.5 Å². The maximum Gasteiger partial charge on any atom is 0.261 e. The fourth-order valence-electron chi connectivity index (χ4n) is 3.25. The maximum absolute atomic E-state index is 13.0. The minimum Gasteiger partial charge on any atom is -0.337 e. The van der Waals surface area contributed by atoms with Crippen LogP contribution in [-0.4, -0.2) is 45.4 Å². The first-order chi connectivity index (χ1) is 12.9. The maximum atomic E-state index is 13.0. The van der Waals surface area contributed by atoms with Gasteiger partial charge in [-0.2, -0.15) is 0 Å². The fourth-order valence-corrected chi connectivity index (χ4v) is 4.33. The average Bonchev–Trinajstić information content (AvgIpc) is 2.68. The van der Waals surface area contributed by atoms with Gasteiger partial charge in [0.25, 0.3) is 15.9 Å². The molecular weight excluding hydrogens is 398 g/mol. The fraction of sp³-hybridized carbons (Fsp3) is 0.350. The lowest BCUT2D eigenvalue weighted by atomic mass is 10.0. The minimum absolute atomic E-state index is 0. The zero-order chi connectivity index (χ0) is 19.4. The van der Waals surface area contributed by atoms with Crippen LogP contribution in [0.3, 0.4) is 0 Å². The van der Waals surface area contributed by atoms with Gasteiger partial charge in [0.05, 0.1) is 16.1 Å². The molecule has 1 aliphatic rings. The highest BCUT2D eigenvalue weighted by molar-refractivity contribution is 7.92. The Hall–Kier alpha value is -2.09. The van der Waals surface area contributed by atoms with E-state index in [0.717, 1.165) is 18.4 Å². The van der Waals surface area contributed by atoms with E-state index in [1.54, 1.807) is 53.4 Å². The molecule has 0 radical (unpaired) electrons. The van der Waals surface area contributed by atoms with Crippen LogP contribution >= 0.6 is 12.4 Å². The number of nitrogens with zero attached hydrogens (tertiary/aromatic N) is 1. The van der Waals surface area contributed by atoms with Gasteiger partial charge < -0.3 is 10.2 Å². The second-order valence-electron chi connectivity index (χ2n) is 6.84. The molecule has 1 fully saturated rings. The van der Waals surface area contributed by atoms with Crippen LogP contribution in [0.1, 0.15) is 28.8 Å². The van der Waals surface area contributed by atoms with Crippen molar-refractivity contribution in [3.8, 4) is 0 Å². The summed E-state index contributed by atoms with van der Waals surface area (Å²) in [5.41, 5.74) is 1.65. The Morgan fingerprint density at radius 2 is 1.79 bits per heavy atom. The molecule has 2 aromatic carbocycles. The largest absolute Gasteiger partial charge is 0.337 e. The number of halogens is 1. The molecule has 1 atom stereocenters.